The molecule has 0 spiro atoms. The van der Waals surface area contributed by atoms with Crippen molar-refractivity contribution in [1.29, 1.82) is 0 Å². The zero-order valence-corrected chi connectivity index (χ0v) is 12.2. The summed E-state index contributed by atoms with van der Waals surface area (Å²) in [5, 5.41) is 3.35. The first kappa shape index (κ1) is 13.7. The Morgan fingerprint density at radius 1 is 0.950 bits per heavy atom. The number of carbonyl (C=O) groups is 1. The highest BCUT2D eigenvalue weighted by molar-refractivity contribution is 5.88. The minimum absolute atomic E-state index is 0.262. The largest absolute Gasteiger partial charge is 0.353 e. The monoisotopic (exact) mass is 271 g/mol. The van der Waals surface area contributed by atoms with Gasteiger partial charge in [0, 0.05) is 6.04 Å². The van der Waals surface area contributed by atoms with Gasteiger partial charge in [-0.3, -0.25) is 4.79 Å². The summed E-state index contributed by atoms with van der Waals surface area (Å²) in [5.41, 5.74) is 0.956. The van der Waals surface area contributed by atoms with Crippen LogP contribution in [-0.4, -0.2) is 11.9 Å². The van der Waals surface area contributed by atoms with E-state index in [-0.39, 0.29) is 11.3 Å². The zero-order valence-electron chi connectivity index (χ0n) is 12.2. The summed E-state index contributed by atoms with van der Waals surface area (Å²) in [4.78, 5) is 13.0. The predicted molar refractivity (Wildman–Crippen MR) is 81.6 cm³/mol. The quantitative estimate of drug-likeness (QED) is 0.886. The molecule has 0 aromatic heterocycles. The first-order chi connectivity index (χ1) is 9.81. The summed E-state index contributed by atoms with van der Waals surface area (Å²) in [5.74, 6) is 0.287. The van der Waals surface area contributed by atoms with Gasteiger partial charge in [0.15, 0.2) is 0 Å². The molecular formula is C18H25NO. The number of rotatable bonds is 3. The summed E-state index contributed by atoms with van der Waals surface area (Å²) >= 11 is 0. The highest BCUT2D eigenvalue weighted by Crippen LogP contribution is 2.40. The van der Waals surface area contributed by atoms with Crippen LogP contribution >= 0.6 is 0 Å². The molecule has 20 heavy (non-hydrogen) atoms. The van der Waals surface area contributed by atoms with E-state index < -0.39 is 0 Å². The second-order valence-electron chi connectivity index (χ2n) is 6.46. The first-order valence-corrected chi connectivity index (χ1v) is 8.18. The number of amides is 1. The molecule has 1 aromatic carbocycles. The molecule has 2 heteroatoms. The topological polar surface area (TPSA) is 29.1 Å². The first-order valence-electron chi connectivity index (χ1n) is 8.18. The van der Waals surface area contributed by atoms with Gasteiger partial charge in [-0.25, -0.2) is 0 Å². The summed E-state index contributed by atoms with van der Waals surface area (Å²) in [6.45, 7) is 0. The van der Waals surface area contributed by atoms with Gasteiger partial charge in [0.2, 0.25) is 5.91 Å². The highest BCUT2D eigenvalue weighted by Gasteiger charge is 2.41. The molecule has 0 aliphatic heterocycles. The van der Waals surface area contributed by atoms with Gasteiger partial charge in [0.25, 0.3) is 0 Å². The third-order valence-electron chi connectivity index (χ3n) is 5.16. The van der Waals surface area contributed by atoms with Gasteiger partial charge in [-0.15, -0.1) is 0 Å². The molecule has 2 aliphatic rings. The molecule has 0 bridgehead atoms. The lowest BCUT2D eigenvalue weighted by molar-refractivity contribution is -0.128. The molecule has 0 atom stereocenters. The molecule has 2 saturated carbocycles. The lowest BCUT2D eigenvalue weighted by Gasteiger charge is -2.37. The maximum absolute atomic E-state index is 13.0. The van der Waals surface area contributed by atoms with Crippen LogP contribution in [-0.2, 0) is 10.2 Å². The molecule has 108 valence electrons. The van der Waals surface area contributed by atoms with Crippen molar-refractivity contribution >= 4 is 5.91 Å². The Morgan fingerprint density at radius 3 is 2.25 bits per heavy atom. The molecule has 1 amide bonds. The fourth-order valence-corrected chi connectivity index (χ4v) is 3.95. The fourth-order valence-electron chi connectivity index (χ4n) is 3.95. The lowest BCUT2D eigenvalue weighted by atomic mass is 9.68. The van der Waals surface area contributed by atoms with Crippen LogP contribution in [0, 0.1) is 0 Å². The van der Waals surface area contributed by atoms with E-state index in [1.807, 2.05) is 6.07 Å². The smallest absolute Gasteiger partial charge is 0.230 e. The molecule has 0 saturated heterocycles. The van der Waals surface area contributed by atoms with Gasteiger partial charge in [-0.05, 0) is 31.2 Å². The van der Waals surface area contributed by atoms with Crippen LogP contribution < -0.4 is 5.32 Å². The van der Waals surface area contributed by atoms with Crippen molar-refractivity contribution < 1.29 is 4.79 Å². The Bertz CT molecular complexity index is 442. The Hall–Kier alpha value is -1.31. The fraction of sp³-hybridized carbons (Fsp3) is 0.611. The molecule has 0 radical (unpaired) electrons. The molecule has 0 unspecified atom stereocenters. The third-order valence-corrected chi connectivity index (χ3v) is 5.16. The van der Waals surface area contributed by atoms with Crippen LogP contribution in [0.15, 0.2) is 30.3 Å². The maximum atomic E-state index is 13.0. The van der Waals surface area contributed by atoms with Gasteiger partial charge in [0.05, 0.1) is 5.41 Å². The van der Waals surface area contributed by atoms with Crippen LogP contribution in [0.5, 0.6) is 0 Å². The van der Waals surface area contributed by atoms with Crippen LogP contribution in [0.3, 0.4) is 0 Å². The van der Waals surface area contributed by atoms with Gasteiger partial charge in [0.1, 0.15) is 0 Å². The number of hydrogen-bond donors (Lipinski definition) is 1. The van der Waals surface area contributed by atoms with Crippen molar-refractivity contribution in [3.63, 3.8) is 0 Å². The minimum Gasteiger partial charge on any atom is -0.353 e. The average molecular weight is 271 g/mol. The molecule has 3 rings (SSSR count). The summed E-state index contributed by atoms with van der Waals surface area (Å²) < 4.78 is 0. The van der Waals surface area contributed by atoms with Gasteiger partial charge < -0.3 is 5.32 Å². The van der Waals surface area contributed by atoms with Gasteiger partial charge in [-0.2, -0.15) is 0 Å². The van der Waals surface area contributed by atoms with Crippen molar-refractivity contribution in [2.75, 3.05) is 0 Å². The molecule has 2 nitrogen and oxygen atoms in total. The SMILES string of the molecule is O=C(NC1CCCC1)C1(c2ccccc2)CCCCC1. The van der Waals surface area contributed by atoms with Crippen molar-refractivity contribution in [2.24, 2.45) is 0 Å². The third kappa shape index (κ3) is 2.61. The molecule has 2 fully saturated rings. The van der Waals surface area contributed by atoms with Crippen LogP contribution in [0.4, 0.5) is 0 Å². The maximum Gasteiger partial charge on any atom is 0.230 e. The highest BCUT2D eigenvalue weighted by atomic mass is 16.2. The summed E-state index contributed by atoms with van der Waals surface area (Å²) in [6, 6.07) is 10.9. The lowest BCUT2D eigenvalue weighted by Crippen LogP contribution is -2.48. The van der Waals surface area contributed by atoms with Crippen molar-refractivity contribution in [3.8, 4) is 0 Å². The predicted octanol–water partition coefficient (Wildman–Crippen LogP) is 3.95. The van der Waals surface area contributed by atoms with Crippen molar-refractivity contribution in [3.05, 3.63) is 35.9 Å². The molecule has 1 aromatic rings. The Labute approximate surface area is 122 Å². The Balaban J connectivity index is 1.83. The number of hydrogen-bond acceptors (Lipinski definition) is 1. The van der Waals surface area contributed by atoms with Gasteiger partial charge >= 0.3 is 0 Å². The van der Waals surface area contributed by atoms with E-state index >= 15 is 0 Å². The summed E-state index contributed by atoms with van der Waals surface area (Å²) in [6.07, 6.45) is 10.5. The summed E-state index contributed by atoms with van der Waals surface area (Å²) in [7, 11) is 0. The average Bonchev–Trinajstić information content (AvgIpc) is 3.02. The zero-order chi connectivity index (χ0) is 13.8. The second kappa shape index (κ2) is 5.99. The molecule has 0 heterocycles. The number of nitrogens with one attached hydrogen (secondary N) is 1. The number of benzene rings is 1. The van der Waals surface area contributed by atoms with Gasteiger partial charge in [-0.1, -0.05) is 62.4 Å². The van der Waals surface area contributed by atoms with E-state index in [4.69, 9.17) is 0 Å². The van der Waals surface area contributed by atoms with E-state index in [9.17, 15) is 4.79 Å². The van der Waals surface area contributed by atoms with E-state index in [0.717, 1.165) is 25.7 Å². The normalized spacial score (nSPS) is 22.6. The van der Waals surface area contributed by atoms with Crippen molar-refractivity contribution in [1.82, 2.24) is 5.32 Å². The Kier molecular flexibility index (Phi) is 4.09. The van der Waals surface area contributed by atoms with E-state index in [1.165, 1.54) is 37.7 Å². The minimum atomic E-state index is -0.262. The molecule has 1 N–H and O–H groups in total. The molecular weight excluding hydrogens is 246 g/mol. The number of carbonyl (C=O) groups excluding carboxylic acids is 1. The Morgan fingerprint density at radius 2 is 1.60 bits per heavy atom. The van der Waals surface area contributed by atoms with Crippen LogP contribution in [0.1, 0.15) is 63.4 Å². The van der Waals surface area contributed by atoms with E-state index in [2.05, 4.69) is 29.6 Å². The van der Waals surface area contributed by atoms with E-state index in [0.29, 0.717) is 6.04 Å². The standard InChI is InChI=1S/C18H25NO/c20-17(19-16-11-5-6-12-16)18(13-7-2-8-14-18)15-9-3-1-4-10-15/h1,3-4,9-10,16H,2,5-8,11-14H2,(H,19,20). The second-order valence-corrected chi connectivity index (χ2v) is 6.46. The van der Waals surface area contributed by atoms with Crippen molar-refractivity contribution in [2.45, 2.75) is 69.2 Å². The van der Waals surface area contributed by atoms with Crippen LogP contribution in [0.25, 0.3) is 0 Å². The van der Waals surface area contributed by atoms with E-state index in [1.54, 1.807) is 0 Å². The molecule has 2 aliphatic carbocycles. The van der Waals surface area contributed by atoms with Crippen LogP contribution in [0.2, 0.25) is 0 Å².